The highest BCUT2D eigenvalue weighted by molar-refractivity contribution is 5.69. The molecule has 0 aliphatic carbocycles. The predicted octanol–water partition coefficient (Wildman–Crippen LogP) is 3.02. The topological polar surface area (TPSA) is 49.8 Å². The van der Waals surface area contributed by atoms with Crippen molar-refractivity contribution >= 4 is 5.97 Å². The fourth-order valence-corrected chi connectivity index (χ4v) is 2.00. The molecule has 0 bridgehead atoms. The Hall–Kier alpha value is -1.55. The van der Waals surface area contributed by atoms with Crippen LogP contribution in [0.5, 0.6) is 5.75 Å². The normalized spacial score (nSPS) is 12.4. The fraction of sp³-hybridized carbons (Fsp3) is 0.562. The van der Waals surface area contributed by atoms with Crippen molar-refractivity contribution in [3.8, 4) is 5.75 Å². The zero-order valence-electron chi connectivity index (χ0n) is 12.6. The Morgan fingerprint density at radius 1 is 1.40 bits per heavy atom. The second kappa shape index (κ2) is 8.59. The van der Waals surface area contributed by atoms with Gasteiger partial charge in [-0.15, -0.1) is 0 Å². The lowest BCUT2D eigenvalue weighted by molar-refractivity contribution is -0.141. The standard InChI is InChI=1S/C16H25NO3/c1-4-5-10-20-15-9-7-6-8-14(15)12-17(3)11-13(2)16(18)19/h6-9,13H,4-5,10-12H2,1-3H3,(H,18,19). The maximum Gasteiger partial charge on any atom is 0.307 e. The summed E-state index contributed by atoms with van der Waals surface area (Å²) in [7, 11) is 1.93. The van der Waals surface area contributed by atoms with Gasteiger partial charge in [0, 0.05) is 18.7 Å². The Kier molecular flexibility index (Phi) is 7.09. The molecule has 112 valence electrons. The van der Waals surface area contributed by atoms with Crippen molar-refractivity contribution in [2.75, 3.05) is 20.2 Å². The highest BCUT2D eigenvalue weighted by atomic mass is 16.5. The molecule has 1 unspecified atom stereocenters. The van der Waals surface area contributed by atoms with Crippen molar-refractivity contribution in [3.63, 3.8) is 0 Å². The zero-order chi connectivity index (χ0) is 15.0. The molecule has 1 atom stereocenters. The smallest absolute Gasteiger partial charge is 0.307 e. The Balaban J connectivity index is 2.59. The summed E-state index contributed by atoms with van der Waals surface area (Å²) in [5.74, 6) is -0.228. The van der Waals surface area contributed by atoms with Crippen LogP contribution in [-0.2, 0) is 11.3 Å². The number of unbranched alkanes of at least 4 members (excludes halogenated alkanes) is 1. The van der Waals surface area contributed by atoms with Crippen LogP contribution >= 0.6 is 0 Å². The maximum atomic E-state index is 10.9. The van der Waals surface area contributed by atoms with E-state index >= 15 is 0 Å². The van der Waals surface area contributed by atoms with Gasteiger partial charge in [0.05, 0.1) is 12.5 Å². The lowest BCUT2D eigenvalue weighted by atomic mass is 10.1. The van der Waals surface area contributed by atoms with Crippen LogP contribution in [0.15, 0.2) is 24.3 Å². The maximum absolute atomic E-state index is 10.9. The van der Waals surface area contributed by atoms with Crippen molar-refractivity contribution in [1.29, 1.82) is 0 Å². The molecule has 0 heterocycles. The first-order chi connectivity index (χ1) is 9.54. The molecule has 0 amide bonds. The molecule has 4 heteroatoms. The van der Waals surface area contributed by atoms with E-state index in [1.54, 1.807) is 6.92 Å². The minimum atomic E-state index is -0.760. The molecule has 0 aliphatic rings. The van der Waals surface area contributed by atoms with Crippen LogP contribution in [0.25, 0.3) is 0 Å². The second-order valence-electron chi connectivity index (χ2n) is 5.25. The molecule has 0 radical (unpaired) electrons. The quantitative estimate of drug-likeness (QED) is 0.706. The Morgan fingerprint density at radius 3 is 2.75 bits per heavy atom. The van der Waals surface area contributed by atoms with Gasteiger partial charge in [-0.2, -0.15) is 0 Å². The third-order valence-electron chi connectivity index (χ3n) is 3.18. The van der Waals surface area contributed by atoms with Gasteiger partial charge in [-0.05, 0) is 19.5 Å². The summed E-state index contributed by atoms with van der Waals surface area (Å²) in [5.41, 5.74) is 1.10. The second-order valence-corrected chi connectivity index (χ2v) is 5.25. The summed E-state index contributed by atoms with van der Waals surface area (Å²) in [5, 5.41) is 8.94. The molecule has 1 aromatic rings. The third-order valence-corrected chi connectivity index (χ3v) is 3.18. The molecule has 0 saturated carbocycles. The van der Waals surface area contributed by atoms with E-state index in [-0.39, 0.29) is 5.92 Å². The summed E-state index contributed by atoms with van der Waals surface area (Å²) >= 11 is 0. The average molecular weight is 279 g/mol. The Bertz CT molecular complexity index is 420. The lowest BCUT2D eigenvalue weighted by Crippen LogP contribution is -2.28. The number of carboxylic acids is 1. The largest absolute Gasteiger partial charge is 0.493 e. The van der Waals surface area contributed by atoms with E-state index in [0.29, 0.717) is 13.1 Å². The predicted molar refractivity (Wildman–Crippen MR) is 80.0 cm³/mol. The summed E-state index contributed by atoms with van der Waals surface area (Å²) < 4.78 is 5.79. The van der Waals surface area contributed by atoms with Gasteiger partial charge in [0.25, 0.3) is 0 Å². The highest BCUT2D eigenvalue weighted by Crippen LogP contribution is 2.20. The van der Waals surface area contributed by atoms with Crippen LogP contribution < -0.4 is 4.74 Å². The van der Waals surface area contributed by atoms with Gasteiger partial charge >= 0.3 is 5.97 Å². The first-order valence-electron chi connectivity index (χ1n) is 7.16. The van der Waals surface area contributed by atoms with Crippen LogP contribution in [0.1, 0.15) is 32.3 Å². The van der Waals surface area contributed by atoms with Crippen molar-refractivity contribution in [1.82, 2.24) is 4.90 Å². The van der Waals surface area contributed by atoms with Gasteiger partial charge < -0.3 is 14.7 Å². The zero-order valence-corrected chi connectivity index (χ0v) is 12.6. The summed E-state index contributed by atoms with van der Waals surface area (Å²) in [4.78, 5) is 12.9. The summed E-state index contributed by atoms with van der Waals surface area (Å²) in [6, 6.07) is 7.95. The van der Waals surface area contributed by atoms with E-state index in [9.17, 15) is 4.79 Å². The SMILES string of the molecule is CCCCOc1ccccc1CN(C)CC(C)C(=O)O. The molecule has 4 nitrogen and oxygen atoms in total. The first kappa shape index (κ1) is 16.5. The molecule has 0 spiro atoms. The van der Waals surface area contributed by atoms with E-state index in [0.717, 1.165) is 30.8 Å². The molecular formula is C16H25NO3. The number of benzene rings is 1. The molecule has 0 aliphatic heterocycles. The van der Waals surface area contributed by atoms with E-state index in [1.807, 2.05) is 36.2 Å². The summed E-state index contributed by atoms with van der Waals surface area (Å²) in [6.07, 6.45) is 2.15. The van der Waals surface area contributed by atoms with Gasteiger partial charge in [0.15, 0.2) is 0 Å². The van der Waals surface area contributed by atoms with Gasteiger partial charge in [0.1, 0.15) is 5.75 Å². The van der Waals surface area contributed by atoms with Crippen molar-refractivity contribution in [3.05, 3.63) is 29.8 Å². The van der Waals surface area contributed by atoms with Gasteiger partial charge in [-0.3, -0.25) is 4.79 Å². The minimum Gasteiger partial charge on any atom is -0.493 e. The van der Waals surface area contributed by atoms with Crippen LogP contribution in [0.4, 0.5) is 0 Å². The van der Waals surface area contributed by atoms with Crippen LogP contribution in [0, 0.1) is 5.92 Å². The Labute approximate surface area is 121 Å². The van der Waals surface area contributed by atoms with Gasteiger partial charge in [-0.25, -0.2) is 0 Å². The molecule has 0 aromatic heterocycles. The van der Waals surface area contributed by atoms with Gasteiger partial charge in [-0.1, -0.05) is 38.5 Å². The minimum absolute atomic E-state index is 0.367. The van der Waals surface area contributed by atoms with Crippen LogP contribution in [0.3, 0.4) is 0 Å². The van der Waals surface area contributed by atoms with E-state index in [4.69, 9.17) is 9.84 Å². The molecule has 0 saturated heterocycles. The number of nitrogens with zero attached hydrogens (tertiary/aromatic N) is 1. The van der Waals surface area contributed by atoms with Crippen molar-refractivity contribution < 1.29 is 14.6 Å². The Morgan fingerprint density at radius 2 is 2.10 bits per heavy atom. The van der Waals surface area contributed by atoms with E-state index < -0.39 is 5.97 Å². The van der Waals surface area contributed by atoms with E-state index in [1.165, 1.54) is 0 Å². The third kappa shape index (κ3) is 5.61. The number of hydrogen-bond acceptors (Lipinski definition) is 3. The van der Waals surface area contributed by atoms with Gasteiger partial charge in [0.2, 0.25) is 0 Å². The molecular weight excluding hydrogens is 254 g/mol. The number of aliphatic carboxylic acids is 1. The molecule has 1 aromatic carbocycles. The molecule has 0 fully saturated rings. The fourth-order valence-electron chi connectivity index (χ4n) is 2.00. The summed E-state index contributed by atoms with van der Waals surface area (Å²) in [6.45, 7) is 5.81. The number of para-hydroxylation sites is 1. The number of rotatable bonds is 9. The number of carboxylic acid groups (broad SMARTS) is 1. The highest BCUT2D eigenvalue weighted by Gasteiger charge is 2.14. The number of hydrogen-bond donors (Lipinski definition) is 1. The molecule has 20 heavy (non-hydrogen) atoms. The lowest BCUT2D eigenvalue weighted by Gasteiger charge is -2.20. The molecule has 1 N–H and O–H groups in total. The first-order valence-corrected chi connectivity index (χ1v) is 7.16. The number of ether oxygens (including phenoxy) is 1. The van der Waals surface area contributed by atoms with Crippen molar-refractivity contribution in [2.45, 2.75) is 33.2 Å². The van der Waals surface area contributed by atoms with E-state index in [2.05, 4.69) is 6.92 Å². The van der Waals surface area contributed by atoms with Crippen LogP contribution in [-0.4, -0.2) is 36.2 Å². The monoisotopic (exact) mass is 279 g/mol. The van der Waals surface area contributed by atoms with Crippen molar-refractivity contribution in [2.24, 2.45) is 5.92 Å². The number of carbonyl (C=O) groups is 1. The average Bonchev–Trinajstić information content (AvgIpc) is 2.40. The van der Waals surface area contributed by atoms with Crippen LogP contribution in [0.2, 0.25) is 0 Å². The molecule has 1 rings (SSSR count).